The summed E-state index contributed by atoms with van der Waals surface area (Å²) in [4.78, 5) is 44.8. The number of ether oxygens (including phenoxy) is 1. The van der Waals surface area contributed by atoms with E-state index in [2.05, 4.69) is 20.1 Å². The number of carbonyl (C=O) groups is 3. The number of hydrogen-bond donors (Lipinski definition) is 1. The summed E-state index contributed by atoms with van der Waals surface area (Å²) < 4.78 is 4.98. The molecule has 196 valence electrons. The molecule has 3 fully saturated rings. The van der Waals surface area contributed by atoms with Crippen molar-refractivity contribution in [3.63, 3.8) is 0 Å². The lowest BCUT2D eigenvalue weighted by atomic mass is 9.66. The summed E-state index contributed by atoms with van der Waals surface area (Å²) in [6.45, 7) is 16.5. The largest absolute Gasteiger partial charge is 0.465 e. The molecule has 2 amide bonds. The van der Waals surface area contributed by atoms with Crippen LogP contribution in [0.1, 0.15) is 59.8 Å². The maximum absolute atomic E-state index is 14.2. The molecule has 2 bridgehead atoms. The standard InChI is InChI=1S/C27H42N2O5S/c1-7-9-10-11-16-34-25(33)20-19-17-18(3)27(35-19)21(20)23(31)28(14-12-15-30)22(27)24(32)29(13-8-2)26(4,5)6/h7-8,18-22,30H,1-2,9-17H2,3-6H3/t18?,19-,20+,21+,22?,27?/m1/s1. The van der Waals surface area contributed by atoms with Crippen LogP contribution in [-0.2, 0) is 19.1 Å². The number of allylic oxidation sites excluding steroid dienone is 1. The van der Waals surface area contributed by atoms with Gasteiger partial charge < -0.3 is 19.6 Å². The molecule has 6 atom stereocenters. The summed E-state index contributed by atoms with van der Waals surface area (Å²) in [7, 11) is 0. The van der Waals surface area contributed by atoms with Crippen molar-refractivity contribution in [3.8, 4) is 0 Å². The fourth-order valence-corrected chi connectivity index (χ4v) is 8.58. The van der Waals surface area contributed by atoms with E-state index in [1.165, 1.54) is 0 Å². The molecule has 7 nitrogen and oxygen atoms in total. The summed E-state index contributed by atoms with van der Waals surface area (Å²) in [6, 6.07) is -0.680. The molecule has 1 N–H and O–H groups in total. The number of aliphatic hydroxyl groups excluding tert-OH is 1. The van der Waals surface area contributed by atoms with E-state index in [1.54, 1.807) is 27.6 Å². The van der Waals surface area contributed by atoms with Crippen molar-refractivity contribution in [3.05, 3.63) is 25.3 Å². The first-order chi connectivity index (χ1) is 16.6. The first-order valence-electron chi connectivity index (χ1n) is 12.8. The number of likely N-dealkylation sites (tertiary alicyclic amines) is 1. The highest BCUT2D eigenvalue weighted by molar-refractivity contribution is 8.02. The molecule has 3 aliphatic rings. The molecule has 0 aromatic heterocycles. The van der Waals surface area contributed by atoms with Crippen LogP contribution in [0.25, 0.3) is 0 Å². The summed E-state index contributed by atoms with van der Waals surface area (Å²) in [5.41, 5.74) is -0.458. The average molecular weight is 507 g/mol. The van der Waals surface area contributed by atoms with E-state index in [1.807, 2.05) is 26.8 Å². The lowest BCUT2D eigenvalue weighted by molar-refractivity contribution is -0.154. The molecule has 0 aliphatic carbocycles. The van der Waals surface area contributed by atoms with E-state index in [0.717, 1.165) is 25.7 Å². The van der Waals surface area contributed by atoms with Gasteiger partial charge in [-0.3, -0.25) is 14.4 Å². The van der Waals surface area contributed by atoms with E-state index >= 15 is 0 Å². The fourth-order valence-electron chi connectivity index (χ4n) is 6.18. The lowest BCUT2D eigenvalue weighted by Crippen LogP contribution is -2.60. The molecule has 3 aliphatic heterocycles. The zero-order chi connectivity index (χ0) is 26.0. The average Bonchev–Trinajstić information content (AvgIpc) is 3.38. The number of rotatable bonds is 12. The molecule has 1 spiro atoms. The molecule has 35 heavy (non-hydrogen) atoms. The van der Waals surface area contributed by atoms with E-state index in [4.69, 9.17) is 4.74 Å². The quantitative estimate of drug-likeness (QED) is 0.248. The Hall–Kier alpha value is -1.80. The Labute approximate surface area is 214 Å². The van der Waals surface area contributed by atoms with Crippen LogP contribution in [0, 0.1) is 17.8 Å². The van der Waals surface area contributed by atoms with Gasteiger partial charge in [-0.25, -0.2) is 0 Å². The van der Waals surface area contributed by atoms with Gasteiger partial charge in [-0.15, -0.1) is 24.9 Å². The molecular weight excluding hydrogens is 464 g/mol. The maximum atomic E-state index is 14.2. The predicted octanol–water partition coefficient (Wildman–Crippen LogP) is 3.42. The van der Waals surface area contributed by atoms with Gasteiger partial charge in [0.25, 0.3) is 0 Å². The zero-order valence-electron chi connectivity index (χ0n) is 21.7. The monoisotopic (exact) mass is 506 g/mol. The van der Waals surface area contributed by atoms with Crippen molar-refractivity contribution in [2.24, 2.45) is 17.8 Å². The zero-order valence-corrected chi connectivity index (χ0v) is 22.5. The van der Waals surface area contributed by atoms with Crippen LogP contribution >= 0.6 is 11.8 Å². The fraction of sp³-hybridized carbons (Fsp3) is 0.741. The highest BCUT2D eigenvalue weighted by Crippen LogP contribution is 2.68. The Balaban J connectivity index is 1.95. The lowest BCUT2D eigenvalue weighted by Gasteiger charge is -2.44. The number of carbonyl (C=O) groups excluding carboxylic acids is 3. The first-order valence-corrected chi connectivity index (χ1v) is 13.7. The smallest absolute Gasteiger partial charge is 0.310 e. The van der Waals surface area contributed by atoms with E-state index in [9.17, 15) is 19.5 Å². The highest BCUT2D eigenvalue weighted by Gasteiger charge is 2.76. The van der Waals surface area contributed by atoms with Crippen molar-refractivity contribution < 1.29 is 24.2 Å². The number of amides is 2. The summed E-state index contributed by atoms with van der Waals surface area (Å²) in [6.07, 6.45) is 7.26. The molecule has 3 saturated heterocycles. The van der Waals surface area contributed by atoms with Gasteiger partial charge >= 0.3 is 5.97 Å². The Morgan fingerprint density at radius 2 is 1.97 bits per heavy atom. The number of esters is 1. The third kappa shape index (κ3) is 4.93. The molecule has 3 heterocycles. The molecule has 8 heteroatoms. The minimum Gasteiger partial charge on any atom is -0.465 e. The van der Waals surface area contributed by atoms with Crippen LogP contribution in [-0.4, -0.2) is 80.6 Å². The van der Waals surface area contributed by atoms with Crippen molar-refractivity contribution in [2.45, 2.75) is 81.4 Å². The molecule has 0 aromatic carbocycles. The van der Waals surface area contributed by atoms with Gasteiger partial charge in [-0.05, 0) is 58.8 Å². The van der Waals surface area contributed by atoms with E-state index < -0.39 is 28.2 Å². The Morgan fingerprint density at radius 3 is 2.57 bits per heavy atom. The van der Waals surface area contributed by atoms with Crippen LogP contribution in [0.5, 0.6) is 0 Å². The highest BCUT2D eigenvalue weighted by atomic mass is 32.2. The first kappa shape index (κ1) is 27.8. The summed E-state index contributed by atoms with van der Waals surface area (Å²) in [5.74, 6) is -1.60. The minimum absolute atomic E-state index is 0.0302. The van der Waals surface area contributed by atoms with Crippen LogP contribution in [0.15, 0.2) is 25.3 Å². The number of thioether (sulfide) groups is 1. The van der Waals surface area contributed by atoms with Gasteiger partial charge in [0.15, 0.2) is 0 Å². The summed E-state index contributed by atoms with van der Waals surface area (Å²) in [5, 5.41) is 9.48. The maximum Gasteiger partial charge on any atom is 0.310 e. The van der Waals surface area contributed by atoms with Crippen LogP contribution in [0.2, 0.25) is 0 Å². The van der Waals surface area contributed by atoms with E-state index in [-0.39, 0.29) is 42.1 Å². The van der Waals surface area contributed by atoms with Gasteiger partial charge in [0.1, 0.15) is 6.04 Å². The Kier molecular flexibility index (Phi) is 8.79. The van der Waals surface area contributed by atoms with Gasteiger partial charge in [0.05, 0.1) is 23.2 Å². The molecule has 0 saturated carbocycles. The van der Waals surface area contributed by atoms with Gasteiger partial charge in [-0.1, -0.05) is 19.1 Å². The summed E-state index contributed by atoms with van der Waals surface area (Å²) >= 11 is 1.65. The van der Waals surface area contributed by atoms with Crippen LogP contribution < -0.4 is 0 Å². The van der Waals surface area contributed by atoms with Gasteiger partial charge in [-0.2, -0.15) is 0 Å². The number of aliphatic hydroxyl groups is 1. The Bertz CT molecular complexity index is 840. The van der Waals surface area contributed by atoms with Gasteiger partial charge in [0.2, 0.25) is 11.8 Å². The SMILES string of the molecule is C=CCCCCOC(=O)[C@@H]1[C@H]2C(=O)N(CCCO)C(C(=O)N(CC=C)C(C)(C)C)C23S[C@@H]1CC3C. The Morgan fingerprint density at radius 1 is 1.26 bits per heavy atom. The molecular formula is C27H42N2O5S. The number of fused-ring (bicyclic) bond motifs is 1. The third-order valence-electron chi connectivity index (χ3n) is 7.74. The minimum atomic E-state index is -0.680. The van der Waals surface area contributed by atoms with Crippen LogP contribution in [0.3, 0.4) is 0 Å². The van der Waals surface area contributed by atoms with Crippen molar-refractivity contribution >= 4 is 29.5 Å². The number of unbranched alkanes of at least 4 members (excludes halogenated alkanes) is 2. The molecule has 3 unspecified atom stereocenters. The normalized spacial score (nSPS) is 31.4. The third-order valence-corrected chi connectivity index (χ3v) is 9.82. The van der Waals surface area contributed by atoms with Crippen molar-refractivity contribution in [1.82, 2.24) is 9.80 Å². The second kappa shape index (κ2) is 11.1. The van der Waals surface area contributed by atoms with Crippen molar-refractivity contribution in [2.75, 3.05) is 26.3 Å². The number of nitrogens with zero attached hydrogens (tertiary/aromatic N) is 2. The predicted molar refractivity (Wildman–Crippen MR) is 139 cm³/mol. The van der Waals surface area contributed by atoms with Crippen LogP contribution in [0.4, 0.5) is 0 Å². The second-order valence-corrected chi connectivity index (χ2v) is 12.6. The molecule has 3 rings (SSSR count). The molecule has 0 aromatic rings. The second-order valence-electron chi connectivity index (χ2n) is 11.0. The van der Waals surface area contributed by atoms with E-state index in [0.29, 0.717) is 19.6 Å². The van der Waals surface area contributed by atoms with Gasteiger partial charge in [0, 0.05) is 30.5 Å². The number of hydrogen-bond acceptors (Lipinski definition) is 6. The topological polar surface area (TPSA) is 87.1 Å². The molecule has 0 radical (unpaired) electrons. The van der Waals surface area contributed by atoms with Crippen molar-refractivity contribution in [1.29, 1.82) is 0 Å².